The molecule has 0 aliphatic carbocycles. The van der Waals surface area contributed by atoms with Crippen molar-refractivity contribution in [3.8, 4) is 0 Å². The summed E-state index contributed by atoms with van der Waals surface area (Å²) in [6, 6.07) is 3.01. The fraction of sp³-hybridized carbons (Fsp3) is 0.417. The van der Waals surface area contributed by atoms with Gasteiger partial charge in [-0.15, -0.1) is 0 Å². The highest BCUT2D eigenvalue weighted by Crippen LogP contribution is 2.13. The molecule has 2 amide bonds. The van der Waals surface area contributed by atoms with Crippen LogP contribution in [0, 0.1) is 0 Å². The highest BCUT2D eigenvalue weighted by atomic mass is 35.5. The summed E-state index contributed by atoms with van der Waals surface area (Å²) in [5.41, 5.74) is 0.354. The van der Waals surface area contributed by atoms with Gasteiger partial charge in [-0.2, -0.15) is 0 Å². The Balaban J connectivity index is 2.58. The number of aromatic nitrogens is 1. The summed E-state index contributed by atoms with van der Waals surface area (Å²) >= 11 is 5.79. The number of hydrogen-bond acceptors (Lipinski definition) is 4. The fourth-order valence-corrected chi connectivity index (χ4v) is 1.55. The second-order valence-corrected chi connectivity index (χ2v) is 4.23. The SMILES string of the molecule is CCCNC(=O)CNC(=O)c1cc(Cl)nc(NC)c1. The van der Waals surface area contributed by atoms with Gasteiger partial charge in [-0.25, -0.2) is 4.98 Å². The third-order valence-corrected chi connectivity index (χ3v) is 2.49. The van der Waals surface area contributed by atoms with Crippen LogP contribution in [0.25, 0.3) is 0 Å². The average molecular weight is 285 g/mol. The zero-order chi connectivity index (χ0) is 14.3. The molecule has 0 saturated heterocycles. The molecule has 7 heteroatoms. The van der Waals surface area contributed by atoms with Crippen LogP contribution in [0.4, 0.5) is 5.82 Å². The van der Waals surface area contributed by atoms with Gasteiger partial charge in [-0.1, -0.05) is 18.5 Å². The molecule has 19 heavy (non-hydrogen) atoms. The van der Waals surface area contributed by atoms with Crippen LogP contribution in [0.3, 0.4) is 0 Å². The van der Waals surface area contributed by atoms with E-state index in [4.69, 9.17) is 11.6 Å². The smallest absolute Gasteiger partial charge is 0.251 e. The minimum atomic E-state index is -0.368. The van der Waals surface area contributed by atoms with Crippen LogP contribution >= 0.6 is 11.6 Å². The van der Waals surface area contributed by atoms with Gasteiger partial charge in [0.05, 0.1) is 6.54 Å². The van der Waals surface area contributed by atoms with Gasteiger partial charge in [0.1, 0.15) is 11.0 Å². The molecule has 0 bridgehead atoms. The molecule has 0 unspecified atom stereocenters. The summed E-state index contributed by atoms with van der Waals surface area (Å²) in [5.74, 6) is -0.0928. The molecule has 1 aromatic rings. The van der Waals surface area contributed by atoms with Gasteiger partial charge in [-0.3, -0.25) is 9.59 Å². The van der Waals surface area contributed by atoms with Gasteiger partial charge in [-0.05, 0) is 18.6 Å². The van der Waals surface area contributed by atoms with Gasteiger partial charge in [0.2, 0.25) is 5.91 Å². The minimum absolute atomic E-state index is 0.0618. The quantitative estimate of drug-likeness (QED) is 0.682. The molecule has 6 nitrogen and oxygen atoms in total. The van der Waals surface area contributed by atoms with Crippen LogP contribution in [-0.2, 0) is 4.79 Å². The summed E-state index contributed by atoms with van der Waals surface area (Å²) in [5, 5.41) is 8.21. The molecule has 104 valence electrons. The molecule has 0 atom stereocenters. The van der Waals surface area contributed by atoms with E-state index in [-0.39, 0.29) is 23.5 Å². The van der Waals surface area contributed by atoms with E-state index in [1.54, 1.807) is 13.1 Å². The normalized spacial score (nSPS) is 9.84. The lowest BCUT2D eigenvalue weighted by molar-refractivity contribution is -0.120. The number of nitrogens with one attached hydrogen (secondary N) is 3. The van der Waals surface area contributed by atoms with Crippen LogP contribution in [0.2, 0.25) is 5.15 Å². The molecule has 0 fully saturated rings. The number of carbonyl (C=O) groups is 2. The highest BCUT2D eigenvalue weighted by Gasteiger charge is 2.10. The third-order valence-electron chi connectivity index (χ3n) is 2.29. The molecule has 1 aromatic heterocycles. The van der Waals surface area contributed by atoms with Gasteiger partial charge in [0, 0.05) is 19.2 Å². The van der Waals surface area contributed by atoms with E-state index >= 15 is 0 Å². The predicted octanol–water partition coefficient (Wildman–Crippen LogP) is 1.03. The Bertz CT molecular complexity index is 465. The van der Waals surface area contributed by atoms with Crippen molar-refractivity contribution in [2.45, 2.75) is 13.3 Å². The molecule has 0 saturated carbocycles. The number of amides is 2. The summed E-state index contributed by atoms with van der Waals surface area (Å²) in [7, 11) is 1.68. The van der Waals surface area contributed by atoms with E-state index in [0.717, 1.165) is 6.42 Å². The van der Waals surface area contributed by atoms with Crippen molar-refractivity contribution < 1.29 is 9.59 Å². The van der Waals surface area contributed by atoms with Crippen molar-refractivity contribution >= 4 is 29.2 Å². The molecule has 0 aliphatic rings. The molecule has 0 aliphatic heterocycles. The molecule has 3 N–H and O–H groups in total. The van der Waals surface area contributed by atoms with Crippen molar-refractivity contribution in [3.63, 3.8) is 0 Å². The van der Waals surface area contributed by atoms with Gasteiger partial charge in [0.25, 0.3) is 5.91 Å². The number of rotatable bonds is 6. The van der Waals surface area contributed by atoms with Gasteiger partial charge in [0.15, 0.2) is 0 Å². The summed E-state index contributed by atoms with van der Waals surface area (Å²) in [6.07, 6.45) is 0.852. The van der Waals surface area contributed by atoms with E-state index in [0.29, 0.717) is 17.9 Å². The van der Waals surface area contributed by atoms with Crippen LogP contribution in [0.5, 0.6) is 0 Å². The lowest BCUT2D eigenvalue weighted by atomic mass is 10.2. The van der Waals surface area contributed by atoms with Crippen molar-refractivity contribution in [1.82, 2.24) is 15.6 Å². The zero-order valence-corrected chi connectivity index (χ0v) is 11.7. The Hall–Kier alpha value is -1.82. The standard InChI is InChI=1S/C12H17ClN4O2/c1-3-4-15-11(18)7-16-12(19)8-5-9(13)17-10(6-8)14-2/h5-6H,3-4,7H2,1-2H3,(H,14,17)(H,15,18)(H,16,19). The highest BCUT2D eigenvalue weighted by molar-refractivity contribution is 6.29. The lowest BCUT2D eigenvalue weighted by Crippen LogP contribution is -2.37. The Morgan fingerprint density at radius 2 is 2.05 bits per heavy atom. The average Bonchev–Trinajstić information content (AvgIpc) is 2.41. The maximum absolute atomic E-state index is 11.8. The minimum Gasteiger partial charge on any atom is -0.373 e. The molecule has 0 radical (unpaired) electrons. The number of hydrogen-bond donors (Lipinski definition) is 3. The number of pyridine rings is 1. The number of anilines is 1. The van der Waals surface area contributed by atoms with E-state index in [9.17, 15) is 9.59 Å². The molecular weight excluding hydrogens is 268 g/mol. The summed E-state index contributed by atoms with van der Waals surface area (Å²) < 4.78 is 0. The lowest BCUT2D eigenvalue weighted by Gasteiger charge is -2.07. The topological polar surface area (TPSA) is 83.1 Å². The number of nitrogens with zero attached hydrogens (tertiary/aromatic N) is 1. The number of halogens is 1. The summed E-state index contributed by atoms with van der Waals surface area (Å²) in [6.45, 7) is 2.49. The maximum Gasteiger partial charge on any atom is 0.251 e. The Morgan fingerprint density at radius 3 is 2.68 bits per heavy atom. The van der Waals surface area contributed by atoms with Crippen LogP contribution < -0.4 is 16.0 Å². The molecule has 0 spiro atoms. The second kappa shape index (κ2) is 7.58. The summed E-state index contributed by atoms with van der Waals surface area (Å²) in [4.78, 5) is 27.2. The van der Waals surface area contributed by atoms with Crippen LogP contribution in [-0.4, -0.2) is 36.9 Å². The van der Waals surface area contributed by atoms with Crippen molar-refractivity contribution in [2.75, 3.05) is 25.5 Å². The van der Waals surface area contributed by atoms with Crippen molar-refractivity contribution in [2.24, 2.45) is 0 Å². The van der Waals surface area contributed by atoms with Gasteiger partial charge < -0.3 is 16.0 Å². The second-order valence-electron chi connectivity index (χ2n) is 3.85. The molecule has 0 aromatic carbocycles. The fourth-order valence-electron chi connectivity index (χ4n) is 1.35. The first-order valence-electron chi connectivity index (χ1n) is 5.97. The van der Waals surface area contributed by atoms with E-state index in [1.807, 2.05) is 6.92 Å². The molecule has 1 heterocycles. The Labute approximate surface area is 116 Å². The largest absolute Gasteiger partial charge is 0.373 e. The zero-order valence-electron chi connectivity index (χ0n) is 10.9. The van der Waals surface area contributed by atoms with Crippen molar-refractivity contribution in [3.05, 3.63) is 22.8 Å². The molecular formula is C12H17ClN4O2. The predicted molar refractivity (Wildman–Crippen MR) is 74.4 cm³/mol. The maximum atomic E-state index is 11.8. The first kappa shape index (κ1) is 15.2. The van der Waals surface area contributed by atoms with Crippen LogP contribution in [0.1, 0.15) is 23.7 Å². The monoisotopic (exact) mass is 284 g/mol. The van der Waals surface area contributed by atoms with E-state index in [2.05, 4.69) is 20.9 Å². The van der Waals surface area contributed by atoms with Crippen molar-refractivity contribution in [1.29, 1.82) is 0 Å². The van der Waals surface area contributed by atoms with Crippen LogP contribution in [0.15, 0.2) is 12.1 Å². The first-order chi connectivity index (χ1) is 9.06. The third kappa shape index (κ3) is 5.13. The Morgan fingerprint density at radius 1 is 1.32 bits per heavy atom. The number of carbonyl (C=O) groups excluding carboxylic acids is 2. The van der Waals surface area contributed by atoms with Gasteiger partial charge >= 0.3 is 0 Å². The van der Waals surface area contributed by atoms with E-state index in [1.165, 1.54) is 6.07 Å². The molecule has 1 rings (SSSR count). The first-order valence-corrected chi connectivity index (χ1v) is 6.34. The Kier molecular flexibility index (Phi) is 6.08. The van der Waals surface area contributed by atoms with E-state index < -0.39 is 0 Å².